The van der Waals surface area contributed by atoms with Gasteiger partial charge in [-0.25, -0.2) is 18.7 Å². The highest BCUT2D eigenvalue weighted by molar-refractivity contribution is 6.06. The Labute approximate surface area is 176 Å². The van der Waals surface area contributed by atoms with Gasteiger partial charge in [-0.1, -0.05) is 6.07 Å². The lowest BCUT2D eigenvalue weighted by Gasteiger charge is -2.18. The summed E-state index contributed by atoms with van der Waals surface area (Å²) in [6.45, 7) is 0.0401. The lowest BCUT2D eigenvalue weighted by Crippen LogP contribution is -2.47. The van der Waals surface area contributed by atoms with E-state index in [9.17, 15) is 18.4 Å². The first-order valence-electron chi connectivity index (χ1n) is 10.4. The smallest absolute Gasteiger partial charge is 0.255 e. The Bertz CT molecular complexity index is 1170. The third-order valence-corrected chi connectivity index (χ3v) is 5.75. The Hall–Kier alpha value is -3.36. The largest absolute Gasteiger partial charge is 0.350 e. The lowest BCUT2D eigenvalue weighted by atomic mass is 10.1. The molecule has 0 aliphatic heterocycles. The van der Waals surface area contributed by atoms with Crippen molar-refractivity contribution in [2.45, 2.75) is 44.2 Å². The molecular weight excluding hydrogens is 404 g/mol. The van der Waals surface area contributed by atoms with Crippen LogP contribution in [0.2, 0.25) is 0 Å². The van der Waals surface area contributed by atoms with E-state index in [0.717, 1.165) is 43.5 Å². The minimum Gasteiger partial charge on any atom is -0.350 e. The van der Waals surface area contributed by atoms with E-state index in [1.807, 2.05) is 0 Å². The second kappa shape index (κ2) is 7.72. The second-order valence-electron chi connectivity index (χ2n) is 8.22. The zero-order chi connectivity index (χ0) is 21.5. The van der Waals surface area contributed by atoms with Crippen LogP contribution in [0.15, 0.2) is 30.6 Å². The Morgan fingerprint density at radius 1 is 1.16 bits per heavy atom. The quantitative estimate of drug-likeness (QED) is 0.542. The maximum Gasteiger partial charge on any atom is 0.255 e. The van der Waals surface area contributed by atoms with E-state index in [1.54, 1.807) is 12.4 Å². The Kier molecular flexibility index (Phi) is 4.88. The molecule has 160 valence electrons. The van der Waals surface area contributed by atoms with Gasteiger partial charge in [-0.2, -0.15) is 0 Å². The van der Waals surface area contributed by atoms with Gasteiger partial charge in [0.25, 0.3) is 5.91 Å². The fraction of sp³-hybridized carbons (Fsp3) is 0.364. The number of rotatable bonds is 7. The van der Waals surface area contributed by atoms with E-state index in [2.05, 4.69) is 25.6 Å². The van der Waals surface area contributed by atoms with Gasteiger partial charge in [0.2, 0.25) is 5.91 Å². The number of fused-ring (bicyclic) bond motifs is 1. The van der Waals surface area contributed by atoms with Gasteiger partial charge in [0, 0.05) is 18.7 Å². The highest BCUT2D eigenvalue weighted by Gasteiger charge is 2.38. The predicted octanol–water partition coefficient (Wildman–Crippen LogP) is 2.94. The fourth-order valence-electron chi connectivity index (χ4n) is 3.65. The molecule has 2 fully saturated rings. The van der Waals surface area contributed by atoms with Crippen LogP contribution in [0.1, 0.15) is 53.2 Å². The van der Waals surface area contributed by atoms with E-state index < -0.39 is 23.6 Å². The van der Waals surface area contributed by atoms with Crippen molar-refractivity contribution < 1.29 is 18.4 Å². The number of amides is 2. The molecule has 1 atom stereocenters. The summed E-state index contributed by atoms with van der Waals surface area (Å²) in [5.74, 6) is -2.20. The minimum absolute atomic E-state index is 0.0401. The second-order valence-corrected chi connectivity index (χ2v) is 8.22. The number of aromatic amines is 1. The highest BCUT2D eigenvalue weighted by atomic mass is 19.2. The standard InChI is InChI=1S/C22H21F2N5O2/c23-15-6-1-11(7-16(15)24)8-27-22(31)18(13-4-5-13)29-21(30)14-9-25-20-19(14)28-17(10-26-20)12-2-3-12/h1,6-7,9-10,12-13,18H,2-5,8H2,(H,25,26)(H,27,31)(H,29,30)/t18-/m1/s1. The Morgan fingerprint density at radius 2 is 1.97 bits per heavy atom. The summed E-state index contributed by atoms with van der Waals surface area (Å²) in [6, 6.07) is 2.76. The van der Waals surface area contributed by atoms with Crippen molar-refractivity contribution >= 4 is 23.0 Å². The topological polar surface area (TPSA) is 99.8 Å². The number of halogens is 2. The van der Waals surface area contributed by atoms with Crippen LogP contribution in [0.3, 0.4) is 0 Å². The summed E-state index contributed by atoms with van der Waals surface area (Å²) < 4.78 is 26.5. The Balaban J connectivity index is 1.29. The number of H-pyrrole nitrogens is 1. The van der Waals surface area contributed by atoms with Crippen molar-refractivity contribution in [2.75, 3.05) is 0 Å². The molecule has 9 heteroatoms. The van der Waals surface area contributed by atoms with Crippen LogP contribution in [-0.2, 0) is 11.3 Å². The van der Waals surface area contributed by atoms with Crippen molar-refractivity contribution in [3.05, 3.63) is 59.0 Å². The molecule has 7 nitrogen and oxygen atoms in total. The number of nitrogens with one attached hydrogen (secondary N) is 3. The van der Waals surface area contributed by atoms with Gasteiger partial charge in [0.05, 0.1) is 17.5 Å². The molecule has 0 saturated heterocycles. The number of carbonyl (C=O) groups excluding carboxylic acids is 2. The van der Waals surface area contributed by atoms with Crippen LogP contribution in [0.4, 0.5) is 8.78 Å². The van der Waals surface area contributed by atoms with Gasteiger partial charge in [-0.15, -0.1) is 0 Å². The molecule has 2 amide bonds. The van der Waals surface area contributed by atoms with Crippen molar-refractivity contribution in [1.82, 2.24) is 25.6 Å². The number of hydrogen-bond donors (Lipinski definition) is 3. The summed E-state index contributed by atoms with van der Waals surface area (Å²) in [4.78, 5) is 37.6. The summed E-state index contributed by atoms with van der Waals surface area (Å²) in [6.07, 6.45) is 7.12. The van der Waals surface area contributed by atoms with Gasteiger partial charge >= 0.3 is 0 Å². The van der Waals surface area contributed by atoms with Crippen molar-refractivity contribution in [3.63, 3.8) is 0 Å². The minimum atomic E-state index is -0.968. The number of aromatic nitrogens is 3. The average Bonchev–Trinajstić information content (AvgIpc) is 3.69. The van der Waals surface area contributed by atoms with Crippen LogP contribution < -0.4 is 10.6 Å². The van der Waals surface area contributed by atoms with Crippen LogP contribution in [0, 0.1) is 17.6 Å². The third-order valence-electron chi connectivity index (χ3n) is 5.75. The first kappa shape index (κ1) is 19.6. The SMILES string of the molecule is O=C(N[C@@H](C(=O)NCc1ccc(F)c(F)c1)C1CC1)c1c[nH]c2ncc(C3CC3)nc12. The molecule has 0 radical (unpaired) electrons. The molecule has 31 heavy (non-hydrogen) atoms. The van der Waals surface area contributed by atoms with Crippen LogP contribution >= 0.6 is 0 Å². The van der Waals surface area contributed by atoms with Crippen LogP contribution in [0.25, 0.3) is 11.2 Å². The van der Waals surface area contributed by atoms with E-state index >= 15 is 0 Å². The zero-order valence-corrected chi connectivity index (χ0v) is 16.6. The van der Waals surface area contributed by atoms with E-state index in [-0.39, 0.29) is 18.4 Å². The molecular formula is C22H21F2N5O2. The molecule has 0 spiro atoms. The van der Waals surface area contributed by atoms with E-state index in [4.69, 9.17) is 0 Å². The maximum absolute atomic E-state index is 13.4. The van der Waals surface area contributed by atoms with Crippen LogP contribution in [0.5, 0.6) is 0 Å². The van der Waals surface area contributed by atoms with Gasteiger partial charge < -0.3 is 15.6 Å². The molecule has 3 N–H and O–H groups in total. The van der Waals surface area contributed by atoms with Gasteiger partial charge in [-0.3, -0.25) is 9.59 Å². The first-order chi connectivity index (χ1) is 15.0. The van der Waals surface area contributed by atoms with E-state index in [0.29, 0.717) is 28.2 Å². The lowest BCUT2D eigenvalue weighted by molar-refractivity contribution is -0.123. The number of carbonyl (C=O) groups is 2. The molecule has 2 saturated carbocycles. The summed E-state index contributed by atoms with van der Waals surface area (Å²) in [5.41, 5.74) is 2.69. The van der Waals surface area contributed by atoms with Gasteiger partial charge in [0.15, 0.2) is 17.3 Å². The summed E-state index contributed by atoms with van der Waals surface area (Å²) in [5, 5.41) is 5.53. The molecule has 2 heterocycles. The average molecular weight is 425 g/mol. The van der Waals surface area contributed by atoms with Crippen molar-refractivity contribution in [2.24, 2.45) is 5.92 Å². The Morgan fingerprint density at radius 3 is 2.68 bits per heavy atom. The number of hydrogen-bond acceptors (Lipinski definition) is 4. The first-order valence-corrected chi connectivity index (χ1v) is 10.4. The molecule has 2 aliphatic carbocycles. The summed E-state index contributed by atoms with van der Waals surface area (Å²) in [7, 11) is 0. The zero-order valence-electron chi connectivity index (χ0n) is 16.6. The number of nitrogens with zero attached hydrogens (tertiary/aromatic N) is 2. The highest BCUT2D eigenvalue weighted by Crippen LogP contribution is 2.39. The maximum atomic E-state index is 13.4. The fourth-order valence-corrected chi connectivity index (χ4v) is 3.65. The molecule has 0 bridgehead atoms. The monoisotopic (exact) mass is 425 g/mol. The van der Waals surface area contributed by atoms with Gasteiger partial charge in [-0.05, 0) is 49.3 Å². The molecule has 1 aromatic carbocycles. The van der Waals surface area contributed by atoms with Gasteiger partial charge in [0.1, 0.15) is 11.6 Å². The molecule has 2 aromatic heterocycles. The normalized spacial score (nSPS) is 16.8. The molecule has 3 aromatic rings. The van der Waals surface area contributed by atoms with Crippen molar-refractivity contribution in [1.29, 1.82) is 0 Å². The number of benzene rings is 1. The molecule has 2 aliphatic rings. The summed E-state index contributed by atoms with van der Waals surface area (Å²) >= 11 is 0. The third kappa shape index (κ3) is 4.12. The molecule has 5 rings (SSSR count). The predicted molar refractivity (Wildman–Crippen MR) is 108 cm³/mol. The van der Waals surface area contributed by atoms with E-state index in [1.165, 1.54) is 6.07 Å². The molecule has 0 unspecified atom stereocenters. The van der Waals surface area contributed by atoms with Crippen molar-refractivity contribution in [3.8, 4) is 0 Å². The van der Waals surface area contributed by atoms with Crippen LogP contribution in [-0.4, -0.2) is 32.8 Å².